The smallest absolute Gasteiger partial charge is 0.234 e. The highest BCUT2D eigenvalue weighted by Gasteiger charge is 2.24. The summed E-state index contributed by atoms with van der Waals surface area (Å²) in [4.78, 5) is 18.2. The van der Waals surface area contributed by atoms with Gasteiger partial charge in [-0.3, -0.25) is 4.79 Å². The van der Waals surface area contributed by atoms with Crippen LogP contribution in [0.4, 0.5) is 15.8 Å². The van der Waals surface area contributed by atoms with Crippen LogP contribution in [0.3, 0.4) is 0 Å². The zero-order valence-electron chi connectivity index (χ0n) is 15.1. The predicted octanol–water partition coefficient (Wildman–Crippen LogP) is 2.90. The van der Waals surface area contributed by atoms with Crippen LogP contribution in [-0.2, 0) is 16.6 Å². The summed E-state index contributed by atoms with van der Waals surface area (Å²) in [6.45, 7) is 5.25. The van der Waals surface area contributed by atoms with Crippen molar-refractivity contribution in [3.8, 4) is 0 Å². The number of ether oxygens (including phenoxy) is 1. The summed E-state index contributed by atoms with van der Waals surface area (Å²) in [5.41, 5.74) is 0.985. The highest BCUT2D eigenvalue weighted by molar-refractivity contribution is 7.99. The third kappa shape index (κ3) is 4.56. The number of halogens is 1. The number of thioether (sulfide) groups is 1. The molecule has 2 atom stereocenters. The highest BCUT2D eigenvalue weighted by atomic mass is 32.2. The molecule has 0 bridgehead atoms. The lowest BCUT2D eigenvalue weighted by molar-refractivity contribution is -0.113. The standard InChI is InChI=1S/C18H23FN4O2S/c1-12-9-23(10-13(2)25-12)16-5-4-14(8-15(16)19)21-17(24)11-26-18-20-6-7-22(18)3/h4-8,12-13H,9-11H2,1-3H3,(H,21,24)/t12-,13-/m1/s1. The van der Waals surface area contributed by atoms with E-state index in [-0.39, 0.29) is 29.7 Å². The van der Waals surface area contributed by atoms with Gasteiger partial charge in [-0.1, -0.05) is 11.8 Å². The second-order valence-electron chi connectivity index (χ2n) is 6.49. The van der Waals surface area contributed by atoms with Crippen molar-refractivity contribution < 1.29 is 13.9 Å². The lowest BCUT2D eigenvalue weighted by Gasteiger charge is -2.37. The quantitative estimate of drug-likeness (QED) is 0.811. The fraction of sp³-hybridized carbons (Fsp3) is 0.444. The first-order valence-corrected chi connectivity index (χ1v) is 9.51. The number of amides is 1. The maximum Gasteiger partial charge on any atom is 0.234 e. The fourth-order valence-corrected chi connectivity index (χ4v) is 3.77. The molecule has 140 valence electrons. The van der Waals surface area contributed by atoms with E-state index >= 15 is 0 Å². The number of hydrogen-bond donors (Lipinski definition) is 1. The third-order valence-corrected chi connectivity index (χ3v) is 5.16. The molecule has 2 aromatic rings. The van der Waals surface area contributed by atoms with E-state index in [0.717, 1.165) is 5.16 Å². The number of rotatable bonds is 5. The maximum absolute atomic E-state index is 14.5. The Morgan fingerprint density at radius 3 is 2.73 bits per heavy atom. The van der Waals surface area contributed by atoms with Crippen molar-refractivity contribution in [3.63, 3.8) is 0 Å². The molecule has 0 unspecified atom stereocenters. The van der Waals surface area contributed by atoms with E-state index < -0.39 is 0 Å². The number of benzene rings is 1. The number of imidazole rings is 1. The Bertz CT molecular complexity index is 772. The van der Waals surface area contributed by atoms with E-state index in [4.69, 9.17) is 4.74 Å². The molecule has 0 aliphatic carbocycles. The monoisotopic (exact) mass is 378 g/mol. The minimum absolute atomic E-state index is 0.0562. The SMILES string of the molecule is C[C@@H]1CN(c2ccc(NC(=O)CSc3nccn3C)cc2F)C[C@@H](C)O1. The molecule has 2 heterocycles. The Morgan fingerprint density at radius 2 is 2.12 bits per heavy atom. The number of anilines is 2. The van der Waals surface area contributed by atoms with E-state index in [2.05, 4.69) is 10.3 Å². The summed E-state index contributed by atoms with van der Waals surface area (Å²) >= 11 is 1.34. The Kier molecular flexibility index (Phi) is 5.83. The van der Waals surface area contributed by atoms with Crippen LogP contribution in [0.15, 0.2) is 35.7 Å². The normalized spacial score (nSPS) is 20.2. The average molecular weight is 378 g/mol. The second-order valence-corrected chi connectivity index (χ2v) is 7.43. The number of hydrogen-bond acceptors (Lipinski definition) is 5. The number of aryl methyl sites for hydroxylation is 1. The van der Waals surface area contributed by atoms with Gasteiger partial charge in [0.2, 0.25) is 5.91 Å². The van der Waals surface area contributed by atoms with Gasteiger partial charge in [-0.15, -0.1) is 0 Å². The van der Waals surface area contributed by atoms with Crippen LogP contribution in [0.25, 0.3) is 0 Å². The van der Waals surface area contributed by atoms with Crippen molar-refractivity contribution in [2.45, 2.75) is 31.2 Å². The molecule has 3 rings (SSSR count). The molecular weight excluding hydrogens is 355 g/mol. The van der Waals surface area contributed by atoms with Crippen LogP contribution < -0.4 is 10.2 Å². The van der Waals surface area contributed by atoms with Crippen molar-refractivity contribution in [2.24, 2.45) is 7.05 Å². The molecule has 1 aromatic carbocycles. The largest absolute Gasteiger partial charge is 0.372 e. The number of nitrogens with one attached hydrogen (secondary N) is 1. The molecule has 1 aliphatic rings. The molecule has 0 spiro atoms. The molecule has 1 amide bonds. The first-order chi connectivity index (χ1) is 12.4. The zero-order valence-corrected chi connectivity index (χ0v) is 15.9. The van der Waals surface area contributed by atoms with Gasteiger partial charge in [-0.25, -0.2) is 9.37 Å². The van der Waals surface area contributed by atoms with E-state index in [9.17, 15) is 9.18 Å². The first kappa shape index (κ1) is 18.7. The van der Waals surface area contributed by atoms with Crippen LogP contribution in [-0.4, -0.2) is 46.5 Å². The van der Waals surface area contributed by atoms with Gasteiger partial charge in [0.25, 0.3) is 0 Å². The fourth-order valence-electron chi connectivity index (χ4n) is 3.03. The number of carbonyl (C=O) groups is 1. The molecular formula is C18H23FN4O2S. The molecule has 0 radical (unpaired) electrons. The minimum Gasteiger partial charge on any atom is -0.372 e. The van der Waals surface area contributed by atoms with Crippen molar-refractivity contribution >= 4 is 29.0 Å². The molecule has 0 saturated carbocycles. The lowest BCUT2D eigenvalue weighted by atomic mass is 10.2. The van der Waals surface area contributed by atoms with Crippen molar-refractivity contribution in [1.82, 2.24) is 9.55 Å². The van der Waals surface area contributed by atoms with Gasteiger partial charge in [0.05, 0.1) is 23.6 Å². The summed E-state index contributed by atoms with van der Waals surface area (Å²) in [7, 11) is 1.87. The van der Waals surface area contributed by atoms with Crippen LogP contribution in [0.2, 0.25) is 0 Å². The Labute approximate surface area is 156 Å². The van der Waals surface area contributed by atoms with Gasteiger partial charge in [0.1, 0.15) is 5.82 Å². The summed E-state index contributed by atoms with van der Waals surface area (Å²) in [6.07, 6.45) is 3.62. The summed E-state index contributed by atoms with van der Waals surface area (Å²) < 4.78 is 22.1. The van der Waals surface area contributed by atoms with Crippen LogP contribution in [0.5, 0.6) is 0 Å². The molecule has 1 N–H and O–H groups in total. The molecule has 26 heavy (non-hydrogen) atoms. The maximum atomic E-state index is 14.5. The van der Waals surface area contributed by atoms with Crippen LogP contribution >= 0.6 is 11.8 Å². The Balaban J connectivity index is 1.60. The third-order valence-electron chi connectivity index (χ3n) is 4.10. The van der Waals surface area contributed by atoms with Crippen LogP contribution in [0, 0.1) is 5.82 Å². The van der Waals surface area contributed by atoms with E-state index in [1.54, 1.807) is 18.3 Å². The van der Waals surface area contributed by atoms with Gasteiger partial charge in [-0.05, 0) is 32.0 Å². The van der Waals surface area contributed by atoms with Crippen molar-refractivity contribution in [3.05, 3.63) is 36.4 Å². The zero-order chi connectivity index (χ0) is 18.7. The van der Waals surface area contributed by atoms with Gasteiger partial charge in [0.15, 0.2) is 5.16 Å². The van der Waals surface area contributed by atoms with Gasteiger partial charge in [0, 0.05) is 38.2 Å². The Morgan fingerprint density at radius 1 is 1.38 bits per heavy atom. The molecule has 6 nitrogen and oxygen atoms in total. The van der Waals surface area contributed by atoms with E-state index in [1.165, 1.54) is 17.8 Å². The predicted molar refractivity (Wildman–Crippen MR) is 101 cm³/mol. The molecule has 8 heteroatoms. The van der Waals surface area contributed by atoms with E-state index in [0.29, 0.717) is 24.5 Å². The molecule has 1 aromatic heterocycles. The van der Waals surface area contributed by atoms with Crippen molar-refractivity contribution in [2.75, 3.05) is 29.1 Å². The Hall–Kier alpha value is -2.06. The molecule has 1 fully saturated rings. The average Bonchev–Trinajstić information content (AvgIpc) is 2.97. The number of nitrogens with zero attached hydrogens (tertiary/aromatic N) is 3. The number of aromatic nitrogens is 2. The molecule has 1 aliphatic heterocycles. The van der Waals surface area contributed by atoms with Gasteiger partial charge in [-0.2, -0.15) is 0 Å². The number of morpholine rings is 1. The van der Waals surface area contributed by atoms with Gasteiger partial charge >= 0.3 is 0 Å². The van der Waals surface area contributed by atoms with Gasteiger partial charge < -0.3 is 19.5 Å². The number of carbonyl (C=O) groups excluding carboxylic acids is 1. The first-order valence-electron chi connectivity index (χ1n) is 8.52. The second kappa shape index (κ2) is 8.09. The highest BCUT2D eigenvalue weighted by Crippen LogP contribution is 2.26. The summed E-state index contributed by atoms with van der Waals surface area (Å²) in [5.74, 6) is -0.327. The van der Waals surface area contributed by atoms with Crippen molar-refractivity contribution in [1.29, 1.82) is 0 Å². The minimum atomic E-state index is -0.346. The van der Waals surface area contributed by atoms with Crippen LogP contribution in [0.1, 0.15) is 13.8 Å². The lowest BCUT2D eigenvalue weighted by Crippen LogP contribution is -2.45. The molecule has 1 saturated heterocycles. The topological polar surface area (TPSA) is 59.4 Å². The van der Waals surface area contributed by atoms with E-state index in [1.807, 2.05) is 36.6 Å². The summed E-state index contributed by atoms with van der Waals surface area (Å²) in [6, 6.07) is 4.80. The summed E-state index contributed by atoms with van der Waals surface area (Å²) in [5, 5.41) is 3.49.